The molecule has 0 aliphatic rings. The quantitative estimate of drug-likeness (QED) is 0.728. The number of hydrogen-bond acceptors (Lipinski definition) is 3. The molecule has 0 saturated heterocycles. The Morgan fingerprint density at radius 2 is 2.24 bits per heavy atom. The van der Waals surface area contributed by atoms with Crippen LogP contribution in [0.15, 0.2) is 28.9 Å². The maximum Gasteiger partial charge on any atom is 0.326 e. The van der Waals surface area contributed by atoms with Crippen LogP contribution in [0.1, 0.15) is 5.56 Å². The molecule has 1 unspecified atom stereocenters. The number of aromatic amines is 1. The van der Waals surface area contributed by atoms with Gasteiger partial charge in [-0.1, -0.05) is 15.9 Å². The number of carbonyl (C=O) groups is 2. The smallest absolute Gasteiger partial charge is 0.326 e. The molecule has 3 N–H and O–H groups in total. The second-order valence-electron chi connectivity index (χ2n) is 4.60. The fraction of sp³-hybridized carbons (Fsp3) is 0.286. The van der Waals surface area contributed by atoms with E-state index >= 15 is 0 Å². The van der Waals surface area contributed by atoms with Crippen LogP contribution in [0, 0.1) is 0 Å². The topological polar surface area (TPSA) is 82.2 Å². The van der Waals surface area contributed by atoms with Gasteiger partial charge >= 0.3 is 5.97 Å². The number of halogens is 1. The third-order valence-electron chi connectivity index (χ3n) is 3.06. The number of carboxylic acids is 1. The van der Waals surface area contributed by atoms with Gasteiger partial charge in [0.2, 0.25) is 5.91 Å². The van der Waals surface area contributed by atoms with Crippen molar-refractivity contribution < 1.29 is 14.7 Å². The van der Waals surface area contributed by atoms with Crippen molar-refractivity contribution in [3.05, 3.63) is 34.4 Å². The van der Waals surface area contributed by atoms with E-state index in [0.717, 1.165) is 20.9 Å². The number of benzene rings is 1. The van der Waals surface area contributed by atoms with Crippen molar-refractivity contribution >= 4 is 50.5 Å². The maximum absolute atomic E-state index is 11.6. The average molecular weight is 371 g/mol. The van der Waals surface area contributed by atoms with Gasteiger partial charge in [0.25, 0.3) is 0 Å². The summed E-state index contributed by atoms with van der Waals surface area (Å²) in [6, 6.07) is 4.84. The molecule has 0 fully saturated rings. The number of nitrogens with one attached hydrogen (secondary N) is 2. The molecule has 0 saturated carbocycles. The summed E-state index contributed by atoms with van der Waals surface area (Å²) in [5.41, 5.74) is 1.80. The van der Waals surface area contributed by atoms with E-state index in [9.17, 15) is 14.7 Å². The van der Waals surface area contributed by atoms with Crippen LogP contribution in [0.5, 0.6) is 0 Å². The molecule has 1 aromatic carbocycles. The van der Waals surface area contributed by atoms with Gasteiger partial charge < -0.3 is 15.4 Å². The molecule has 0 aliphatic carbocycles. The second kappa shape index (κ2) is 7.00. The highest BCUT2D eigenvalue weighted by Crippen LogP contribution is 2.23. The Bertz CT molecular complexity index is 671. The van der Waals surface area contributed by atoms with Crippen molar-refractivity contribution in [2.75, 3.05) is 12.0 Å². The normalized spacial score (nSPS) is 12.3. The van der Waals surface area contributed by atoms with Gasteiger partial charge in [0.1, 0.15) is 6.04 Å². The van der Waals surface area contributed by atoms with E-state index in [1.165, 1.54) is 11.8 Å². The summed E-state index contributed by atoms with van der Waals surface area (Å²) in [4.78, 5) is 26.0. The van der Waals surface area contributed by atoms with Crippen LogP contribution in [0.4, 0.5) is 0 Å². The lowest BCUT2D eigenvalue weighted by Gasteiger charge is -2.13. The van der Waals surface area contributed by atoms with Crippen LogP contribution < -0.4 is 5.32 Å². The third-order valence-corrected chi connectivity index (χ3v) is 4.11. The molecule has 2 aromatic rings. The van der Waals surface area contributed by atoms with Crippen molar-refractivity contribution in [2.45, 2.75) is 12.5 Å². The van der Waals surface area contributed by atoms with Crippen molar-refractivity contribution in [1.82, 2.24) is 10.3 Å². The number of hydrogen-bond donors (Lipinski definition) is 3. The zero-order valence-electron chi connectivity index (χ0n) is 11.4. The first-order valence-electron chi connectivity index (χ1n) is 6.28. The summed E-state index contributed by atoms with van der Waals surface area (Å²) < 4.78 is 0.925. The Kier molecular flexibility index (Phi) is 5.30. The van der Waals surface area contributed by atoms with Gasteiger partial charge in [0.15, 0.2) is 0 Å². The first-order chi connectivity index (χ1) is 10.0. The highest BCUT2D eigenvalue weighted by Gasteiger charge is 2.21. The first kappa shape index (κ1) is 15.9. The van der Waals surface area contributed by atoms with Crippen molar-refractivity contribution in [3.8, 4) is 0 Å². The predicted octanol–water partition coefficient (Wildman–Crippen LogP) is 2.41. The molecule has 0 bridgehead atoms. The van der Waals surface area contributed by atoms with E-state index in [2.05, 4.69) is 26.2 Å². The van der Waals surface area contributed by atoms with E-state index < -0.39 is 12.0 Å². The van der Waals surface area contributed by atoms with Crippen LogP contribution in [-0.2, 0) is 16.0 Å². The van der Waals surface area contributed by atoms with Gasteiger partial charge in [-0.3, -0.25) is 4.79 Å². The molecule has 1 heterocycles. The summed E-state index contributed by atoms with van der Waals surface area (Å²) in [5, 5.41) is 12.8. The Hall–Kier alpha value is -1.47. The predicted molar refractivity (Wildman–Crippen MR) is 87.7 cm³/mol. The van der Waals surface area contributed by atoms with Crippen LogP contribution >= 0.6 is 27.7 Å². The SMILES string of the molecule is CSCC(=O)NC(Cc1c[nH]c2ccc(Br)cc12)C(=O)O. The zero-order chi connectivity index (χ0) is 15.4. The van der Waals surface area contributed by atoms with Crippen molar-refractivity contribution in [3.63, 3.8) is 0 Å². The molecule has 1 amide bonds. The van der Waals surface area contributed by atoms with E-state index in [0.29, 0.717) is 0 Å². The lowest BCUT2D eigenvalue weighted by Crippen LogP contribution is -2.43. The Morgan fingerprint density at radius 3 is 2.90 bits per heavy atom. The molecule has 0 spiro atoms. The number of aromatic nitrogens is 1. The molecular weight excluding hydrogens is 356 g/mol. The second-order valence-corrected chi connectivity index (χ2v) is 6.38. The minimum Gasteiger partial charge on any atom is -0.480 e. The third kappa shape index (κ3) is 4.01. The standard InChI is InChI=1S/C14H15BrN2O3S/c1-21-7-13(18)17-12(14(19)20)4-8-6-16-11-3-2-9(15)5-10(8)11/h2-3,5-6,12,16H,4,7H2,1H3,(H,17,18)(H,19,20). The zero-order valence-corrected chi connectivity index (χ0v) is 13.8. The van der Waals surface area contributed by atoms with Gasteiger partial charge in [0, 0.05) is 28.0 Å². The lowest BCUT2D eigenvalue weighted by molar-refractivity contribution is -0.141. The van der Waals surface area contributed by atoms with Crippen molar-refractivity contribution in [1.29, 1.82) is 0 Å². The highest BCUT2D eigenvalue weighted by molar-refractivity contribution is 9.10. The monoisotopic (exact) mass is 370 g/mol. The fourth-order valence-corrected chi connectivity index (χ4v) is 2.81. The maximum atomic E-state index is 11.6. The number of carboxylic acid groups (broad SMARTS) is 1. The van der Waals surface area contributed by atoms with Crippen LogP contribution in [0.25, 0.3) is 10.9 Å². The molecule has 7 heteroatoms. The Balaban J connectivity index is 2.20. The molecule has 2 rings (SSSR count). The van der Waals surface area contributed by atoms with Gasteiger partial charge in [-0.25, -0.2) is 4.79 Å². The van der Waals surface area contributed by atoms with E-state index in [-0.39, 0.29) is 18.1 Å². The summed E-state index contributed by atoms with van der Waals surface area (Å²) in [6.45, 7) is 0. The first-order valence-corrected chi connectivity index (χ1v) is 8.46. The number of carbonyl (C=O) groups excluding carboxylic acids is 1. The molecule has 0 aliphatic heterocycles. The van der Waals surface area contributed by atoms with Crippen molar-refractivity contribution in [2.24, 2.45) is 0 Å². The molecule has 112 valence electrons. The summed E-state index contributed by atoms with van der Waals surface area (Å²) in [6.07, 6.45) is 3.83. The molecule has 1 atom stereocenters. The number of rotatable bonds is 6. The van der Waals surface area contributed by atoms with E-state index in [1.807, 2.05) is 18.2 Å². The number of amides is 1. The van der Waals surface area contributed by atoms with Crippen LogP contribution in [-0.4, -0.2) is 40.0 Å². The Labute approximate surface area is 134 Å². The summed E-state index contributed by atoms with van der Waals surface area (Å²) in [7, 11) is 0. The number of fused-ring (bicyclic) bond motifs is 1. The fourth-order valence-electron chi connectivity index (χ4n) is 2.11. The summed E-state index contributed by atoms with van der Waals surface area (Å²) >= 11 is 4.76. The molecular formula is C14H15BrN2O3S. The Morgan fingerprint density at radius 1 is 1.48 bits per heavy atom. The van der Waals surface area contributed by atoms with E-state index in [4.69, 9.17) is 0 Å². The number of H-pyrrole nitrogens is 1. The molecule has 21 heavy (non-hydrogen) atoms. The van der Waals surface area contributed by atoms with Gasteiger partial charge in [-0.15, -0.1) is 0 Å². The molecule has 5 nitrogen and oxygen atoms in total. The number of aliphatic carboxylic acids is 1. The average Bonchev–Trinajstić information content (AvgIpc) is 2.80. The summed E-state index contributed by atoms with van der Waals surface area (Å²) in [5.74, 6) is -1.05. The van der Waals surface area contributed by atoms with Crippen LogP contribution in [0.3, 0.4) is 0 Å². The molecule has 1 aromatic heterocycles. The van der Waals surface area contributed by atoms with Gasteiger partial charge in [-0.05, 0) is 30.0 Å². The number of thioether (sulfide) groups is 1. The minimum atomic E-state index is -1.03. The molecule has 0 radical (unpaired) electrons. The van der Waals surface area contributed by atoms with Gasteiger partial charge in [0.05, 0.1) is 5.75 Å². The minimum absolute atomic E-state index is 0.242. The van der Waals surface area contributed by atoms with E-state index in [1.54, 1.807) is 12.5 Å². The lowest BCUT2D eigenvalue weighted by atomic mass is 10.1. The highest BCUT2D eigenvalue weighted by atomic mass is 79.9. The van der Waals surface area contributed by atoms with Gasteiger partial charge in [-0.2, -0.15) is 11.8 Å². The van der Waals surface area contributed by atoms with Crippen LogP contribution in [0.2, 0.25) is 0 Å². The largest absolute Gasteiger partial charge is 0.480 e.